The fraction of sp³-hybridized carbons (Fsp3) is 0.385. The summed E-state index contributed by atoms with van der Waals surface area (Å²) in [4.78, 5) is 23.7. The lowest BCUT2D eigenvalue weighted by Crippen LogP contribution is -2.35. The van der Waals surface area contributed by atoms with Crippen LogP contribution in [0.15, 0.2) is 33.9 Å². The molecule has 0 saturated heterocycles. The molecule has 2 rings (SSSR count). The molecule has 19 heavy (non-hydrogen) atoms. The molecular formula is C13H15FN2O2S. The average molecular weight is 282 g/mol. The normalized spacial score (nSPS) is 11.8. The maximum atomic E-state index is 12.8. The van der Waals surface area contributed by atoms with Crippen molar-refractivity contribution in [3.63, 3.8) is 0 Å². The van der Waals surface area contributed by atoms with Gasteiger partial charge in [0.1, 0.15) is 5.82 Å². The summed E-state index contributed by atoms with van der Waals surface area (Å²) in [6, 6.07) is 5.77. The van der Waals surface area contributed by atoms with Crippen molar-refractivity contribution < 1.29 is 4.39 Å². The minimum absolute atomic E-state index is 0.164. The van der Waals surface area contributed by atoms with Gasteiger partial charge in [0.05, 0.1) is 12.1 Å². The standard InChI is InChI=1S/C13H15FN2O2S/c1-13(2,3)16-11(17)15(12(18)19-16)8-9-4-6-10(14)7-5-9/h4-7H,8H2,1-3H3. The summed E-state index contributed by atoms with van der Waals surface area (Å²) in [5.41, 5.74) is -0.0270. The first kappa shape index (κ1) is 13.7. The molecular weight excluding hydrogens is 267 g/mol. The van der Waals surface area contributed by atoms with E-state index >= 15 is 0 Å². The second-order valence-electron chi connectivity index (χ2n) is 5.32. The largest absolute Gasteiger partial charge is 0.341 e. The molecule has 0 saturated carbocycles. The summed E-state index contributed by atoms with van der Waals surface area (Å²) < 4.78 is 15.4. The minimum Gasteiger partial charge on any atom is -0.255 e. The van der Waals surface area contributed by atoms with Crippen LogP contribution in [0.3, 0.4) is 0 Å². The predicted molar refractivity (Wildman–Crippen MR) is 73.3 cm³/mol. The summed E-state index contributed by atoms with van der Waals surface area (Å²) >= 11 is 0.908. The number of rotatable bonds is 2. The van der Waals surface area contributed by atoms with E-state index in [4.69, 9.17) is 0 Å². The molecule has 0 aliphatic heterocycles. The van der Waals surface area contributed by atoms with E-state index in [2.05, 4.69) is 0 Å². The van der Waals surface area contributed by atoms with E-state index in [0.717, 1.165) is 17.1 Å². The van der Waals surface area contributed by atoms with Crippen molar-refractivity contribution in [3.8, 4) is 0 Å². The van der Waals surface area contributed by atoms with E-state index in [-0.39, 0.29) is 22.9 Å². The molecule has 0 aliphatic rings. The molecule has 0 atom stereocenters. The Morgan fingerprint density at radius 2 is 1.74 bits per heavy atom. The number of benzene rings is 1. The molecule has 0 unspecified atom stereocenters. The van der Waals surface area contributed by atoms with Crippen molar-refractivity contribution in [1.29, 1.82) is 0 Å². The first-order valence-corrected chi connectivity index (χ1v) is 6.64. The van der Waals surface area contributed by atoms with Crippen LogP contribution in [0.25, 0.3) is 0 Å². The van der Waals surface area contributed by atoms with Gasteiger partial charge in [-0.1, -0.05) is 12.1 Å². The Balaban J connectivity index is 2.42. The van der Waals surface area contributed by atoms with Crippen molar-refractivity contribution >= 4 is 11.5 Å². The number of aromatic nitrogens is 2. The summed E-state index contributed by atoms with van der Waals surface area (Å²) in [6.45, 7) is 5.77. The number of hydrogen-bond donors (Lipinski definition) is 0. The Bertz CT molecular complexity index is 689. The lowest BCUT2D eigenvalue weighted by atomic mass is 10.1. The van der Waals surface area contributed by atoms with Gasteiger partial charge in [0.2, 0.25) is 0 Å². The molecule has 0 amide bonds. The average Bonchev–Trinajstić information content (AvgIpc) is 2.59. The van der Waals surface area contributed by atoms with Gasteiger partial charge in [-0.3, -0.25) is 4.79 Å². The third-order valence-electron chi connectivity index (χ3n) is 2.66. The van der Waals surface area contributed by atoms with Gasteiger partial charge in [-0.2, -0.15) is 0 Å². The van der Waals surface area contributed by atoms with Crippen LogP contribution in [-0.2, 0) is 12.1 Å². The van der Waals surface area contributed by atoms with Crippen molar-refractivity contribution in [3.05, 3.63) is 55.8 Å². The van der Waals surface area contributed by atoms with Crippen LogP contribution in [0, 0.1) is 5.82 Å². The highest BCUT2D eigenvalue weighted by Crippen LogP contribution is 2.12. The van der Waals surface area contributed by atoms with E-state index in [1.165, 1.54) is 20.7 Å². The lowest BCUT2D eigenvalue weighted by Gasteiger charge is -2.17. The van der Waals surface area contributed by atoms with Crippen LogP contribution in [0.2, 0.25) is 0 Å². The Morgan fingerprint density at radius 1 is 1.16 bits per heavy atom. The van der Waals surface area contributed by atoms with Gasteiger partial charge in [0.25, 0.3) is 0 Å². The Morgan fingerprint density at radius 3 is 2.21 bits per heavy atom. The Hall–Kier alpha value is -1.69. The highest BCUT2D eigenvalue weighted by molar-refractivity contribution is 7.03. The van der Waals surface area contributed by atoms with Gasteiger partial charge < -0.3 is 0 Å². The van der Waals surface area contributed by atoms with E-state index in [1.807, 2.05) is 20.8 Å². The van der Waals surface area contributed by atoms with Crippen molar-refractivity contribution in [2.24, 2.45) is 0 Å². The summed E-state index contributed by atoms with van der Waals surface area (Å²) in [5.74, 6) is -0.339. The molecule has 1 aromatic carbocycles. The second-order valence-corrected chi connectivity index (χ2v) is 6.21. The van der Waals surface area contributed by atoms with Crippen LogP contribution in [0.1, 0.15) is 26.3 Å². The molecule has 0 N–H and O–H groups in total. The van der Waals surface area contributed by atoms with Gasteiger partial charge in [-0.25, -0.2) is 17.7 Å². The molecule has 0 fully saturated rings. The van der Waals surface area contributed by atoms with Gasteiger partial charge >= 0.3 is 10.6 Å². The molecule has 0 radical (unpaired) electrons. The molecule has 6 heteroatoms. The number of hydrogen-bond acceptors (Lipinski definition) is 3. The van der Waals surface area contributed by atoms with Crippen LogP contribution >= 0.6 is 11.5 Å². The molecule has 102 valence electrons. The zero-order valence-electron chi connectivity index (χ0n) is 11.0. The fourth-order valence-corrected chi connectivity index (χ4v) is 2.53. The van der Waals surface area contributed by atoms with E-state index in [0.29, 0.717) is 0 Å². The molecule has 4 nitrogen and oxygen atoms in total. The first-order chi connectivity index (χ1) is 8.79. The van der Waals surface area contributed by atoms with E-state index < -0.39 is 5.54 Å². The van der Waals surface area contributed by atoms with Crippen LogP contribution in [0.5, 0.6) is 0 Å². The van der Waals surface area contributed by atoms with Gasteiger partial charge in [-0.15, -0.1) is 0 Å². The van der Waals surface area contributed by atoms with E-state index in [1.54, 1.807) is 12.1 Å². The van der Waals surface area contributed by atoms with Gasteiger partial charge in [0.15, 0.2) is 0 Å². The summed E-state index contributed by atoms with van der Waals surface area (Å²) in [6.07, 6.45) is 0. The first-order valence-electron chi connectivity index (χ1n) is 5.87. The Kier molecular flexibility index (Phi) is 3.45. The second kappa shape index (κ2) is 4.77. The third-order valence-corrected chi connectivity index (χ3v) is 3.92. The van der Waals surface area contributed by atoms with Crippen molar-refractivity contribution in [1.82, 2.24) is 8.52 Å². The fourth-order valence-electron chi connectivity index (χ4n) is 1.68. The van der Waals surface area contributed by atoms with Gasteiger partial charge in [0, 0.05) is 11.5 Å². The molecule has 1 heterocycles. The summed E-state index contributed by atoms with van der Waals surface area (Å²) in [5, 5.41) is 0. The third kappa shape index (κ3) is 2.84. The highest BCUT2D eigenvalue weighted by atomic mass is 32.1. The van der Waals surface area contributed by atoms with Gasteiger partial charge in [-0.05, 0) is 38.5 Å². The maximum Gasteiger partial charge on any atom is 0.341 e. The molecule has 2 aromatic rings. The topological polar surface area (TPSA) is 44.0 Å². The zero-order valence-corrected chi connectivity index (χ0v) is 11.8. The monoisotopic (exact) mass is 282 g/mol. The summed E-state index contributed by atoms with van der Waals surface area (Å²) in [7, 11) is 0. The molecule has 0 aliphatic carbocycles. The van der Waals surface area contributed by atoms with Crippen LogP contribution in [0.4, 0.5) is 4.39 Å². The Labute approximate surface area is 113 Å². The number of nitrogens with zero attached hydrogens (tertiary/aromatic N) is 2. The number of halogens is 1. The SMILES string of the molecule is CC(C)(C)n1sc(=O)n(Cc2ccc(F)cc2)c1=O. The molecule has 1 aromatic heterocycles. The zero-order chi connectivity index (χ0) is 14.2. The predicted octanol–water partition coefficient (Wildman–Crippen LogP) is 2.01. The maximum absolute atomic E-state index is 12.8. The smallest absolute Gasteiger partial charge is 0.255 e. The quantitative estimate of drug-likeness (QED) is 0.845. The minimum atomic E-state index is -0.422. The van der Waals surface area contributed by atoms with Crippen molar-refractivity contribution in [2.45, 2.75) is 32.9 Å². The van der Waals surface area contributed by atoms with E-state index in [9.17, 15) is 14.0 Å². The molecule has 0 bridgehead atoms. The lowest BCUT2D eigenvalue weighted by molar-refractivity contribution is 0.406. The molecule has 0 spiro atoms. The van der Waals surface area contributed by atoms with Crippen LogP contribution in [-0.4, -0.2) is 8.52 Å². The van der Waals surface area contributed by atoms with Crippen molar-refractivity contribution in [2.75, 3.05) is 0 Å². The van der Waals surface area contributed by atoms with Crippen LogP contribution < -0.4 is 10.6 Å². The highest BCUT2D eigenvalue weighted by Gasteiger charge is 2.20.